The second kappa shape index (κ2) is 8.03. The molecule has 4 aromatic heterocycles. The molecule has 28 heavy (non-hydrogen) atoms. The van der Waals surface area contributed by atoms with Crippen molar-refractivity contribution in [1.29, 1.82) is 0 Å². The third-order valence-corrected chi connectivity index (χ3v) is 6.11. The summed E-state index contributed by atoms with van der Waals surface area (Å²) in [4.78, 5) is 27.2. The van der Waals surface area contributed by atoms with Gasteiger partial charge < -0.3 is 10.6 Å². The Kier molecular flexibility index (Phi) is 5.31. The summed E-state index contributed by atoms with van der Waals surface area (Å²) in [5.74, 6) is 0.650. The van der Waals surface area contributed by atoms with E-state index in [-0.39, 0.29) is 5.91 Å². The molecule has 0 radical (unpaired) electrons. The highest BCUT2D eigenvalue weighted by Gasteiger charge is 2.14. The first-order valence-corrected chi connectivity index (χ1v) is 10.5. The molecule has 4 rings (SSSR count). The standard InChI is InChI=1S/C18H19N7OS2/c1-11-15(28-12(2)24-11)18(26)19-5-6-25-17-14(9-23-25)16(21-10-22-17)20-8-13-4-3-7-27-13/h3-4,7,9-10H,5-6,8H2,1-2H3,(H,19,26)(H,20,21,22). The van der Waals surface area contributed by atoms with Crippen LogP contribution in [0.25, 0.3) is 11.0 Å². The van der Waals surface area contributed by atoms with E-state index in [4.69, 9.17) is 0 Å². The van der Waals surface area contributed by atoms with E-state index in [0.29, 0.717) is 24.5 Å². The van der Waals surface area contributed by atoms with Crippen molar-refractivity contribution >= 4 is 45.4 Å². The number of fused-ring (bicyclic) bond motifs is 1. The Hall–Kier alpha value is -2.85. The number of amides is 1. The lowest BCUT2D eigenvalue weighted by Crippen LogP contribution is -2.27. The van der Waals surface area contributed by atoms with Crippen molar-refractivity contribution in [2.45, 2.75) is 26.9 Å². The number of thiophene rings is 1. The zero-order valence-corrected chi connectivity index (χ0v) is 17.1. The van der Waals surface area contributed by atoms with Crippen molar-refractivity contribution in [3.63, 3.8) is 0 Å². The topological polar surface area (TPSA) is 97.6 Å². The van der Waals surface area contributed by atoms with E-state index in [1.165, 1.54) is 22.5 Å². The number of nitrogens with one attached hydrogen (secondary N) is 2. The summed E-state index contributed by atoms with van der Waals surface area (Å²) < 4.78 is 1.78. The summed E-state index contributed by atoms with van der Waals surface area (Å²) >= 11 is 3.10. The SMILES string of the molecule is Cc1nc(C)c(C(=O)NCCn2ncc3c(NCc4cccs4)ncnc32)s1. The molecular weight excluding hydrogens is 394 g/mol. The average Bonchev–Trinajstić information content (AvgIpc) is 3.40. The van der Waals surface area contributed by atoms with Crippen molar-refractivity contribution in [2.75, 3.05) is 11.9 Å². The fraction of sp³-hybridized carbons (Fsp3) is 0.278. The number of hydrogen-bond donors (Lipinski definition) is 2. The van der Waals surface area contributed by atoms with Gasteiger partial charge in [-0.1, -0.05) is 6.07 Å². The van der Waals surface area contributed by atoms with Crippen LogP contribution < -0.4 is 10.6 Å². The molecule has 0 spiro atoms. The highest BCUT2D eigenvalue weighted by Crippen LogP contribution is 2.20. The van der Waals surface area contributed by atoms with Gasteiger partial charge in [-0.15, -0.1) is 22.7 Å². The van der Waals surface area contributed by atoms with E-state index >= 15 is 0 Å². The van der Waals surface area contributed by atoms with E-state index in [0.717, 1.165) is 27.6 Å². The van der Waals surface area contributed by atoms with Crippen LogP contribution in [-0.4, -0.2) is 37.2 Å². The lowest BCUT2D eigenvalue weighted by atomic mass is 10.3. The minimum atomic E-state index is -0.104. The van der Waals surface area contributed by atoms with Crippen LogP contribution in [0.15, 0.2) is 30.0 Å². The summed E-state index contributed by atoms with van der Waals surface area (Å²) in [6.45, 7) is 5.43. The fourth-order valence-electron chi connectivity index (χ4n) is 2.88. The number of aromatic nitrogens is 5. The zero-order valence-electron chi connectivity index (χ0n) is 15.5. The van der Waals surface area contributed by atoms with E-state index in [1.54, 1.807) is 22.2 Å². The second-order valence-corrected chi connectivity index (χ2v) is 8.40. The quantitative estimate of drug-likeness (QED) is 0.483. The van der Waals surface area contributed by atoms with Gasteiger partial charge >= 0.3 is 0 Å². The molecule has 0 saturated heterocycles. The van der Waals surface area contributed by atoms with Gasteiger partial charge in [0, 0.05) is 11.4 Å². The number of anilines is 1. The molecule has 0 aliphatic carbocycles. The predicted molar refractivity (Wildman–Crippen MR) is 111 cm³/mol. The van der Waals surface area contributed by atoms with Crippen LogP contribution in [0.2, 0.25) is 0 Å². The molecule has 0 aliphatic rings. The summed E-state index contributed by atoms with van der Waals surface area (Å²) in [5.41, 5.74) is 1.50. The molecule has 0 saturated carbocycles. The summed E-state index contributed by atoms with van der Waals surface area (Å²) in [6, 6.07) is 4.10. The van der Waals surface area contributed by atoms with E-state index in [2.05, 4.69) is 36.8 Å². The lowest BCUT2D eigenvalue weighted by molar-refractivity contribution is 0.0955. The van der Waals surface area contributed by atoms with Crippen molar-refractivity contribution in [3.8, 4) is 0 Å². The number of nitrogens with zero attached hydrogens (tertiary/aromatic N) is 5. The van der Waals surface area contributed by atoms with Gasteiger partial charge in [0.2, 0.25) is 0 Å². The fourth-order valence-corrected chi connectivity index (χ4v) is 4.36. The predicted octanol–water partition coefficient (Wildman–Crippen LogP) is 3.00. The number of carbonyl (C=O) groups is 1. The Morgan fingerprint density at radius 1 is 1.29 bits per heavy atom. The van der Waals surface area contributed by atoms with Gasteiger partial charge in [-0.2, -0.15) is 5.10 Å². The van der Waals surface area contributed by atoms with Gasteiger partial charge in [0.1, 0.15) is 17.0 Å². The maximum atomic E-state index is 12.3. The first kappa shape index (κ1) is 18.5. The Bertz CT molecular complexity index is 1100. The summed E-state index contributed by atoms with van der Waals surface area (Å²) in [6.07, 6.45) is 3.28. The molecule has 144 valence electrons. The van der Waals surface area contributed by atoms with Crippen LogP contribution in [0.5, 0.6) is 0 Å². The first-order chi connectivity index (χ1) is 13.6. The molecule has 4 aromatic rings. The summed E-state index contributed by atoms with van der Waals surface area (Å²) in [7, 11) is 0. The molecule has 2 N–H and O–H groups in total. The maximum Gasteiger partial charge on any atom is 0.263 e. The second-order valence-electron chi connectivity index (χ2n) is 6.16. The van der Waals surface area contributed by atoms with Crippen LogP contribution >= 0.6 is 22.7 Å². The van der Waals surface area contributed by atoms with Crippen LogP contribution in [-0.2, 0) is 13.1 Å². The number of thiazole rings is 1. The van der Waals surface area contributed by atoms with Gasteiger partial charge in [0.05, 0.1) is 35.4 Å². The van der Waals surface area contributed by atoms with Crippen molar-refractivity contribution in [1.82, 2.24) is 30.0 Å². The summed E-state index contributed by atoms with van der Waals surface area (Å²) in [5, 5.41) is 14.5. The van der Waals surface area contributed by atoms with Gasteiger partial charge in [-0.25, -0.2) is 19.6 Å². The molecular formula is C18H19N7OS2. The number of aryl methyl sites for hydroxylation is 2. The Morgan fingerprint density at radius 3 is 2.93 bits per heavy atom. The normalized spacial score (nSPS) is 11.1. The molecule has 0 aromatic carbocycles. The Balaban J connectivity index is 1.41. The lowest BCUT2D eigenvalue weighted by Gasteiger charge is -2.07. The molecule has 1 amide bonds. The molecule has 8 nitrogen and oxygen atoms in total. The highest BCUT2D eigenvalue weighted by molar-refractivity contribution is 7.13. The minimum Gasteiger partial charge on any atom is -0.364 e. The molecule has 0 aliphatic heterocycles. The highest BCUT2D eigenvalue weighted by atomic mass is 32.1. The van der Waals surface area contributed by atoms with Crippen LogP contribution in [0, 0.1) is 13.8 Å². The molecule has 0 fully saturated rings. The van der Waals surface area contributed by atoms with Gasteiger partial charge in [0.25, 0.3) is 5.91 Å². The van der Waals surface area contributed by atoms with E-state index < -0.39 is 0 Å². The maximum absolute atomic E-state index is 12.3. The minimum absolute atomic E-state index is 0.104. The van der Waals surface area contributed by atoms with Crippen molar-refractivity contribution in [3.05, 3.63) is 50.5 Å². The number of hydrogen-bond acceptors (Lipinski definition) is 8. The smallest absolute Gasteiger partial charge is 0.263 e. The molecule has 10 heteroatoms. The Morgan fingerprint density at radius 2 is 2.18 bits per heavy atom. The van der Waals surface area contributed by atoms with Gasteiger partial charge in [-0.05, 0) is 25.3 Å². The van der Waals surface area contributed by atoms with Crippen LogP contribution in [0.4, 0.5) is 5.82 Å². The first-order valence-electron chi connectivity index (χ1n) is 8.77. The molecule has 0 bridgehead atoms. The molecule has 0 unspecified atom stereocenters. The monoisotopic (exact) mass is 413 g/mol. The van der Waals surface area contributed by atoms with E-state index in [1.807, 2.05) is 25.3 Å². The third-order valence-electron chi connectivity index (χ3n) is 4.16. The van der Waals surface area contributed by atoms with E-state index in [9.17, 15) is 4.79 Å². The molecule has 0 atom stereocenters. The number of carbonyl (C=O) groups excluding carboxylic acids is 1. The third kappa shape index (κ3) is 3.87. The van der Waals surface area contributed by atoms with Crippen molar-refractivity contribution in [2.24, 2.45) is 0 Å². The van der Waals surface area contributed by atoms with Gasteiger partial charge in [0.15, 0.2) is 5.65 Å². The van der Waals surface area contributed by atoms with Gasteiger partial charge in [-0.3, -0.25) is 4.79 Å². The van der Waals surface area contributed by atoms with Crippen molar-refractivity contribution < 1.29 is 4.79 Å². The molecule has 4 heterocycles. The largest absolute Gasteiger partial charge is 0.364 e. The number of rotatable bonds is 7. The van der Waals surface area contributed by atoms with Crippen LogP contribution in [0.3, 0.4) is 0 Å². The average molecular weight is 414 g/mol. The zero-order chi connectivity index (χ0) is 19.5. The van der Waals surface area contributed by atoms with Crippen LogP contribution in [0.1, 0.15) is 25.3 Å². The Labute approximate surface area is 169 Å².